The number of aromatic nitrogens is 3. The molecule has 3 rings (SSSR count). The number of hydrogen-bond donors (Lipinski definition) is 0. The molecule has 0 spiro atoms. The predicted molar refractivity (Wildman–Crippen MR) is 125 cm³/mol. The third-order valence-electron chi connectivity index (χ3n) is 5.88. The van der Waals surface area contributed by atoms with Gasteiger partial charge < -0.3 is 14.5 Å². The van der Waals surface area contributed by atoms with E-state index in [1.807, 2.05) is 43.5 Å². The molecule has 2 aromatic rings. The minimum atomic E-state index is -0.512. The summed E-state index contributed by atoms with van der Waals surface area (Å²) in [6.45, 7) is 15.0. The van der Waals surface area contributed by atoms with Crippen LogP contribution in [0.15, 0.2) is 12.3 Å². The number of rotatable bonds is 4. The smallest absolute Gasteiger partial charge is 0.410 e. The molecule has 0 aliphatic carbocycles. The summed E-state index contributed by atoms with van der Waals surface area (Å²) in [6, 6.07) is 2.13. The van der Waals surface area contributed by atoms with Gasteiger partial charge in [-0.05, 0) is 59.4 Å². The molecule has 0 bridgehead atoms. The Morgan fingerprint density at radius 3 is 2.31 bits per heavy atom. The molecule has 176 valence electrons. The van der Waals surface area contributed by atoms with Gasteiger partial charge in [0.25, 0.3) is 5.91 Å². The van der Waals surface area contributed by atoms with Gasteiger partial charge in [0.1, 0.15) is 5.60 Å². The highest BCUT2D eigenvalue weighted by Gasteiger charge is 2.31. The molecule has 3 heterocycles. The molecule has 1 aliphatic rings. The van der Waals surface area contributed by atoms with Crippen LogP contribution in [0.1, 0.15) is 89.3 Å². The number of nitrogens with zero attached hydrogens (tertiary/aromatic N) is 5. The molecule has 0 unspecified atom stereocenters. The van der Waals surface area contributed by atoms with Gasteiger partial charge in [-0.2, -0.15) is 5.10 Å². The first-order valence-corrected chi connectivity index (χ1v) is 11.5. The van der Waals surface area contributed by atoms with Crippen molar-refractivity contribution in [1.82, 2.24) is 24.6 Å². The predicted octanol–water partition coefficient (Wildman–Crippen LogP) is 4.61. The van der Waals surface area contributed by atoms with Crippen molar-refractivity contribution < 1.29 is 14.3 Å². The average Bonchev–Trinajstić information content (AvgIpc) is 3.15. The second-order valence-corrected chi connectivity index (χ2v) is 10.3. The molecule has 2 amide bonds. The first-order valence-electron chi connectivity index (χ1n) is 11.5. The van der Waals surface area contributed by atoms with E-state index in [9.17, 15) is 9.59 Å². The summed E-state index contributed by atoms with van der Waals surface area (Å²) in [5, 5.41) is 5.28. The van der Waals surface area contributed by atoms with Crippen molar-refractivity contribution in [3.63, 3.8) is 0 Å². The van der Waals surface area contributed by atoms with Crippen LogP contribution >= 0.6 is 0 Å². The summed E-state index contributed by atoms with van der Waals surface area (Å²) in [5.41, 5.74) is 1.77. The van der Waals surface area contributed by atoms with Crippen molar-refractivity contribution in [2.24, 2.45) is 0 Å². The Balaban J connectivity index is 1.80. The summed E-state index contributed by atoms with van der Waals surface area (Å²) in [7, 11) is 1.85. The highest BCUT2D eigenvalue weighted by atomic mass is 16.6. The molecule has 32 heavy (non-hydrogen) atoms. The van der Waals surface area contributed by atoms with Gasteiger partial charge >= 0.3 is 6.09 Å². The van der Waals surface area contributed by atoms with Crippen LogP contribution in [0.2, 0.25) is 0 Å². The minimum Gasteiger partial charge on any atom is -0.444 e. The zero-order valence-corrected chi connectivity index (χ0v) is 20.7. The normalized spacial score (nSPS) is 15.6. The van der Waals surface area contributed by atoms with E-state index < -0.39 is 5.60 Å². The van der Waals surface area contributed by atoms with Crippen LogP contribution in [0.25, 0.3) is 11.0 Å². The molecule has 2 aromatic heterocycles. The number of fused-ring (bicyclic) bond motifs is 1. The number of ether oxygens (including phenoxy) is 1. The van der Waals surface area contributed by atoms with E-state index in [1.165, 1.54) is 0 Å². The number of carbonyl (C=O) groups is 2. The lowest BCUT2D eigenvalue weighted by Crippen LogP contribution is -2.48. The topological polar surface area (TPSA) is 80.6 Å². The summed E-state index contributed by atoms with van der Waals surface area (Å²) >= 11 is 0. The van der Waals surface area contributed by atoms with Gasteiger partial charge in [-0.25, -0.2) is 14.5 Å². The number of amides is 2. The molecule has 8 nitrogen and oxygen atoms in total. The fourth-order valence-electron chi connectivity index (χ4n) is 4.01. The fourth-order valence-corrected chi connectivity index (χ4v) is 4.01. The Bertz CT molecular complexity index is 981. The van der Waals surface area contributed by atoms with E-state index >= 15 is 0 Å². The highest BCUT2D eigenvalue weighted by molar-refractivity contribution is 6.05. The third-order valence-corrected chi connectivity index (χ3v) is 5.88. The molecule has 1 fully saturated rings. The van der Waals surface area contributed by atoms with E-state index in [4.69, 9.17) is 9.72 Å². The Kier molecular flexibility index (Phi) is 6.81. The van der Waals surface area contributed by atoms with E-state index in [2.05, 4.69) is 32.8 Å². The lowest BCUT2D eigenvalue weighted by Gasteiger charge is -2.37. The van der Waals surface area contributed by atoms with Crippen LogP contribution in [0.4, 0.5) is 4.79 Å². The Morgan fingerprint density at radius 2 is 1.78 bits per heavy atom. The zero-order chi connectivity index (χ0) is 23.8. The Labute approximate surface area is 190 Å². The SMILES string of the molecule is CC(C)c1cc(C(=O)N(C)C2CCN(C(=O)OC(C)(C)C)CC2)c2cnn(C(C)C)c2n1. The van der Waals surface area contributed by atoms with E-state index in [-0.39, 0.29) is 30.0 Å². The van der Waals surface area contributed by atoms with Gasteiger partial charge in [-0.1, -0.05) is 13.8 Å². The molecule has 1 aliphatic heterocycles. The second kappa shape index (κ2) is 9.08. The Hall–Kier alpha value is -2.64. The molecule has 0 saturated carbocycles. The van der Waals surface area contributed by atoms with Gasteiger partial charge in [-0.15, -0.1) is 0 Å². The molecule has 0 N–H and O–H groups in total. The maximum Gasteiger partial charge on any atom is 0.410 e. The van der Waals surface area contributed by atoms with Crippen LogP contribution in [0, 0.1) is 0 Å². The van der Waals surface area contributed by atoms with Gasteiger partial charge in [0.15, 0.2) is 5.65 Å². The highest BCUT2D eigenvalue weighted by Crippen LogP contribution is 2.27. The van der Waals surface area contributed by atoms with Crippen molar-refractivity contribution in [3.8, 4) is 0 Å². The monoisotopic (exact) mass is 443 g/mol. The first kappa shape index (κ1) is 24.0. The van der Waals surface area contributed by atoms with Gasteiger partial charge in [0.2, 0.25) is 0 Å². The summed E-state index contributed by atoms with van der Waals surface area (Å²) in [6.07, 6.45) is 2.90. The lowest BCUT2D eigenvalue weighted by atomic mass is 10.0. The van der Waals surface area contributed by atoms with Crippen molar-refractivity contribution >= 4 is 23.0 Å². The molecular formula is C24H37N5O3. The van der Waals surface area contributed by atoms with E-state index in [0.29, 0.717) is 18.7 Å². The summed E-state index contributed by atoms with van der Waals surface area (Å²) < 4.78 is 7.36. The molecule has 0 aromatic carbocycles. The fraction of sp³-hybridized carbons (Fsp3) is 0.667. The van der Waals surface area contributed by atoms with Crippen LogP contribution < -0.4 is 0 Å². The van der Waals surface area contributed by atoms with Crippen LogP contribution in [0.3, 0.4) is 0 Å². The largest absolute Gasteiger partial charge is 0.444 e. The van der Waals surface area contributed by atoms with Gasteiger partial charge in [0.05, 0.1) is 17.1 Å². The standard InChI is InChI=1S/C24H37N5O3/c1-15(2)20-13-18(19-14-25-29(16(3)4)21(19)26-20)22(30)27(8)17-9-11-28(12-10-17)23(31)32-24(5,6)7/h13-17H,9-12H2,1-8H3. The van der Waals surface area contributed by atoms with Crippen molar-refractivity contribution in [3.05, 3.63) is 23.5 Å². The molecule has 0 atom stereocenters. The third kappa shape index (κ3) is 5.05. The van der Waals surface area contributed by atoms with Crippen molar-refractivity contribution in [1.29, 1.82) is 0 Å². The number of pyridine rings is 1. The summed E-state index contributed by atoms with van der Waals surface area (Å²) in [4.78, 5) is 34.3. The Morgan fingerprint density at radius 1 is 1.16 bits per heavy atom. The quantitative estimate of drug-likeness (QED) is 0.689. The first-order chi connectivity index (χ1) is 14.9. The van der Waals surface area contributed by atoms with Crippen LogP contribution in [-0.2, 0) is 4.74 Å². The maximum absolute atomic E-state index is 13.6. The number of carbonyl (C=O) groups excluding carboxylic acids is 2. The minimum absolute atomic E-state index is 0.0293. The number of hydrogen-bond acceptors (Lipinski definition) is 5. The summed E-state index contributed by atoms with van der Waals surface area (Å²) in [5.74, 6) is 0.169. The van der Waals surface area contributed by atoms with Gasteiger partial charge in [-0.3, -0.25) is 4.79 Å². The molecular weight excluding hydrogens is 406 g/mol. The number of likely N-dealkylation sites (tertiary alicyclic amines) is 1. The maximum atomic E-state index is 13.6. The van der Waals surface area contributed by atoms with Crippen molar-refractivity contribution in [2.45, 2.75) is 84.9 Å². The van der Waals surface area contributed by atoms with Gasteiger partial charge in [0, 0.05) is 37.9 Å². The molecule has 8 heteroatoms. The van der Waals surface area contributed by atoms with Crippen LogP contribution in [-0.4, -0.2) is 68.3 Å². The zero-order valence-electron chi connectivity index (χ0n) is 20.7. The van der Waals surface area contributed by atoms with Crippen molar-refractivity contribution in [2.75, 3.05) is 20.1 Å². The average molecular weight is 444 g/mol. The van der Waals surface area contributed by atoms with E-state index in [0.717, 1.165) is 29.6 Å². The molecule has 1 saturated heterocycles. The second-order valence-electron chi connectivity index (χ2n) is 10.3. The number of piperidine rings is 1. The lowest BCUT2D eigenvalue weighted by molar-refractivity contribution is 0.0160. The van der Waals surface area contributed by atoms with Crippen LogP contribution in [0.5, 0.6) is 0 Å². The molecule has 0 radical (unpaired) electrons. The van der Waals surface area contributed by atoms with E-state index in [1.54, 1.807) is 11.1 Å².